The van der Waals surface area contributed by atoms with Gasteiger partial charge in [-0.2, -0.15) is 0 Å². The lowest BCUT2D eigenvalue weighted by molar-refractivity contribution is 0.0690. The molecule has 0 unspecified atom stereocenters. The fourth-order valence-electron chi connectivity index (χ4n) is 3.74. The average molecular weight is 537 g/mol. The summed E-state index contributed by atoms with van der Waals surface area (Å²) in [6, 6.07) is 13.4. The molecule has 0 aliphatic heterocycles. The zero-order valence-corrected chi connectivity index (χ0v) is 19.8. The van der Waals surface area contributed by atoms with Crippen molar-refractivity contribution in [2.24, 2.45) is 0 Å². The number of rotatable bonds is 6. The molecule has 3 aromatic rings. The van der Waals surface area contributed by atoms with Crippen molar-refractivity contribution in [3.05, 3.63) is 91.4 Å². The van der Waals surface area contributed by atoms with Crippen LogP contribution >= 0.6 is 39.1 Å². The van der Waals surface area contributed by atoms with E-state index in [0.717, 1.165) is 40.4 Å². The molecule has 4 nitrogen and oxygen atoms in total. The van der Waals surface area contributed by atoms with Gasteiger partial charge >= 0.3 is 5.97 Å². The lowest BCUT2D eigenvalue weighted by Gasteiger charge is -2.15. The van der Waals surface area contributed by atoms with Crippen LogP contribution in [0.4, 0.5) is 4.39 Å². The van der Waals surface area contributed by atoms with E-state index in [2.05, 4.69) is 20.9 Å². The third-order valence-corrected chi connectivity index (χ3v) is 6.27. The van der Waals surface area contributed by atoms with Crippen LogP contribution in [0.15, 0.2) is 53.0 Å². The highest BCUT2D eigenvalue weighted by Crippen LogP contribution is 2.43. The topological polar surface area (TPSA) is 59.4 Å². The van der Waals surface area contributed by atoms with Crippen LogP contribution in [-0.2, 0) is 6.61 Å². The zero-order valence-electron chi connectivity index (χ0n) is 16.7. The summed E-state index contributed by atoms with van der Waals surface area (Å²) in [4.78, 5) is 15.8. The number of nitrogens with zero attached hydrogens (tertiary/aromatic N) is 1. The number of ether oxygens (including phenoxy) is 1. The van der Waals surface area contributed by atoms with Crippen LogP contribution < -0.4 is 4.74 Å². The standard InChI is InChI=1S/C24H17BrCl2FNO3/c25-14-5-9-22(32-12-13-4-6-15(26)11-20(13)28)18(10-14)16-2-1-3-17(16)21-8-7-19(27)23(29-21)24(30)31/h4-11H,1-3,12H2,(H,30,31). The number of halogens is 4. The Hall–Kier alpha value is -2.41. The van der Waals surface area contributed by atoms with E-state index in [-0.39, 0.29) is 17.3 Å². The maximum Gasteiger partial charge on any atom is 0.356 e. The van der Waals surface area contributed by atoms with Crippen molar-refractivity contribution < 1.29 is 19.0 Å². The highest BCUT2D eigenvalue weighted by atomic mass is 79.9. The van der Waals surface area contributed by atoms with Crippen LogP contribution in [0, 0.1) is 5.82 Å². The second kappa shape index (κ2) is 9.61. The van der Waals surface area contributed by atoms with Gasteiger partial charge in [-0.05, 0) is 72.9 Å². The van der Waals surface area contributed by atoms with Crippen molar-refractivity contribution in [1.29, 1.82) is 0 Å². The first-order valence-electron chi connectivity index (χ1n) is 9.82. The summed E-state index contributed by atoms with van der Waals surface area (Å²) in [6.07, 6.45) is 2.43. The van der Waals surface area contributed by atoms with Crippen LogP contribution in [0.5, 0.6) is 5.75 Å². The van der Waals surface area contributed by atoms with E-state index in [4.69, 9.17) is 27.9 Å². The molecule has 164 valence electrons. The lowest BCUT2D eigenvalue weighted by Crippen LogP contribution is -2.04. The summed E-state index contributed by atoms with van der Waals surface area (Å²) in [7, 11) is 0. The molecule has 8 heteroatoms. The molecule has 0 fully saturated rings. The maximum atomic E-state index is 14.2. The van der Waals surface area contributed by atoms with Crippen LogP contribution in [0.3, 0.4) is 0 Å². The van der Waals surface area contributed by atoms with Gasteiger partial charge in [0.15, 0.2) is 5.69 Å². The molecule has 1 aliphatic rings. The number of carboxylic acids is 1. The molecule has 0 amide bonds. The Morgan fingerprint density at radius 1 is 1.09 bits per heavy atom. The molecule has 32 heavy (non-hydrogen) atoms. The van der Waals surface area contributed by atoms with E-state index in [1.165, 1.54) is 6.07 Å². The molecule has 0 saturated heterocycles. The summed E-state index contributed by atoms with van der Waals surface area (Å²) in [6.45, 7) is 0.0443. The van der Waals surface area contributed by atoms with E-state index in [0.29, 0.717) is 22.0 Å². The fourth-order valence-corrected chi connectivity index (χ4v) is 4.45. The van der Waals surface area contributed by atoms with Gasteiger partial charge in [0.25, 0.3) is 0 Å². The normalized spacial score (nSPS) is 13.5. The molecule has 0 saturated carbocycles. The number of aromatic nitrogens is 1. The smallest absolute Gasteiger partial charge is 0.356 e. The minimum absolute atomic E-state index is 0.0443. The van der Waals surface area contributed by atoms with Crippen molar-refractivity contribution in [3.63, 3.8) is 0 Å². The van der Waals surface area contributed by atoms with E-state index in [1.54, 1.807) is 24.3 Å². The number of carbonyl (C=O) groups is 1. The molecule has 0 atom stereocenters. The van der Waals surface area contributed by atoms with Crippen molar-refractivity contribution in [2.75, 3.05) is 0 Å². The minimum Gasteiger partial charge on any atom is -0.488 e. The molecule has 2 aromatic carbocycles. The first-order chi connectivity index (χ1) is 15.3. The largest absolute Gasteiger partial charge is 0.488 e. The molecule has 1 aromatic heterocycles. The molecule has 1 aliphatic carbocycles. The van der Waals surface area contributed by atoms with E-state index < -0.39 is 11.8 Å². The molecule has 4 rings (SSSR count). The molecule has 0 spiro atoms. The average Bonchev–Trinajstić information content (AvgIpc) is 3.23. The van der Waals surface area contributed by atoms with Gasteiger partial charge in [-0.15, -0.1) is 0 Å². The number of hydrogen-bond acceptors (Lipinski definition) is 3. The van der Waals surface area contributed by atoms with Gasteiger partial charge in [0.2, 0.25) is 0 Å². The maximum absolute atomic E-state index is 14.2. The fraction of sp³-hybridized carbons (Fsp3) is 0.167. The van der Waals surface area contributed by atoms with Crippen molar-refractivity contribution >= 4 is 56.2 Å². The van der Waals surface area contributed by atoms with Crippen LogP contribution in [0.2, 0.25) is 10.0 Å². The predicted molar refractivity (Wildman–Crippen MR) is 127 cm³/mol. The first kappa shape index (κ1) is 22.8. The SMILES string of the molecule is O=C(O)c1nc(C2=C(c3cc(Br)ccc3OCc3ccc(Cl)cc3F)CCC2)ccc1Cl. The number of pyridine rings is 1. The zero-order chi connectivity index (χ0) is 22.8. The van der Waals surface area contributed by atoms with Gasteiger partial charge < -0.3 is 9.84 Å². The molecule has 0 radical (unpaired) electrons. The van der Waals surface area contributed by atoms with E-state index in [1.807, 2.05) is 18.2 Å². The number of hydrogen-bond donors (Lipinski definition) is 1. The molecule has 1 heterocycles. The van der Waals surface area contributed by atoms with Crippen LogP contribution in [-0.4, -0.2) is 16.1 Å². The van der Waals surface area contributed by atoms with Gasteiger partial charge in [0.05, 0.1) is 10.7 Å². The number of allylic oxidation sites excluding steroid dienone is 2. The van der Waals surface area contributed by atoms with Gasteiger partial charge in [0.1, 0.15) is 18.2 Å². The number of benzene rings is 2. The summed E-state index contributed by atoms with van der Waals surface area (Å²) in [5, 5.41) is 9.81. The predicted octanol–water partition coefficient (Wildman–Crippen LogP) is 7.66. The summed E-state index contributed by atoms with van der Waals surface area (Å²) >= 11 is 15.3. The summed E-state index contributed by atoms with van der Waals surface area (Å²) in [5.41, 5.74) is 3.62. The summed E-state index contributed by atoms with van der Waals surface area (Å²) in [5.74, 6) is -0.999. The van der Waals surface area contributed by atoms with E-state index >= 15 is 0 Å². The van der Waals surface area contributed by atoms with Crippen LogP contribution in [0.1, 0.15) is 46.6 Å². The van der Waals surface area contributed by atoms with Gasteiger partial charge in [-0.1, -0.05) is 45.2 Å². The second-order valence-corrected chi connectivity index (χ2v) is 9.07. The van der Waals surface area contributed by atoms with Crippen molar-refractivity contribution in [3.8, 4) is 5.75 Å². The molecular weight excluding hydrogens is 520 g/mol. The quantitative estimate of drug-likeness (QED) is 0.351. The Labute approximate surface area is 202 Å². The van der Waals surface area contributed by atoms with Gasteiger partial charge in [-0.3, -0.25) is 0 Å². The highest BCUT2D eigenvalue weighted by molar-refractivity contribution is 9.10. The monoisotopic (exact) mass is 535 g/mol. The third kappa shape index (κ3) is 4.82. The molecular formula is C24H17BrCl2FNO3. The minimum atomic E-state index is -1.17. The first-order valence-corrected chi connectivity index (χ1v) is 11.4. The number of aromatic carboxylic acids is 1. The second-order valence-electron chi connectivity index (χ2n) is 7.31. The summed E-state index contributed by atoms with van der Waals surface area (Å²) < 4.78 is 21.1. The van der Waals surface area contributed by atoms with Crippen LogP contribution in [0.25, 0.3) is 11.1 Å². The number of carboxylic acid groups (broad SMARTS) is 1. The highest BCUT2D eigenvalue weighted by Gasteiger charge is 2.23. The van der Waals surface area contributed by atoms with Crippen molar-refractivity contribution in [1.82, 2.24) is 4.98 Å². The Kier molecular flexibility index (Phi) is 6.84. The van der Waals surface area contributed by atoms with Gasteiger partial charge in [-0.25, -0.2) is 14.2 Å². The van der Waals surface area contributed by atoms with Crippen molar-refractivity contribution in [2.45, 2.75) is 25.9 Å². The lowest BCUT2D eigenvalue weighted by atomic mass is 9.99. The van der Waals surface area contributed by atoms with E-state index in [9.17, 15) is 14.3 Å². The molecule has 0 bridgehead atoms. The Morgan fingerprint density at radius 2 is 1.88 bits per heavy atom. The Morgan fingerprint density at radius 3 is 2.62 bits per heavy atom. The Bertz CT molecular complexity index is 1250. The molecule has 1 N–H and O–H groups in total. The third-order valence-electron chi connectivity index (χ3n) is 5.24. The Balaban J connectivity index is 1.73. The van der Waals surface area contributed by atoms with Gasteiger partial charge in [0, 0.05) is 20.6 Å².